The maximum atomic E-state index is 11.6. The lowest BCUT2D eigenvalue weighted by atomic mass is 10.1. The molecule has 1 heterocycles. The van der Waals surface area contributed by atoms with Crippen LogP contribution in [0, 0.1) is 10.1 Å². The third-order valence-corrected chi connectivity index (χ3v) is 3.24. The lowest BCUT2D eigenvalue weighted by Crippen LogP contribution is -2.44. The largest absolute Gasteiger partial charge is 0.466 e. The van der Waals surface area contributed by atoms with Crippen LogP contribution in [0.1, 0.15) is 13.3 Å². The zero-order valence-corrected chi connectivity index (χ0v) is 11.5. The number of nitro benzene ring substituents is 1. The lowest BCUT2D eigenvalue weighted by molar-refractivity contribution is -0.383. The summed E-state index contributed by atoms with van der Waals surface area (Å²) in [4.78, 5) is 22.0. The highest BCUT2D eigenvalue weighted by molar-refractivity contribution is 6.19. The molecule has 108 valence electrons. The average molecular weight is 301 g/mol. The predicted molar refractivity (Wildman–Crippen MR) is 72.0 cm³/mol. The Morgan fingerprint density at radius 2 is 2.35 bits per heavy atom. The van der Waals surface area contributed by atoms with E-state index in [0.29, 0.717) is 5.75 Å². The van der Waals surface area contributed by atoms with E-state index in [2.05, 4.69) is 5.32 Å². The molecule has 1 aromatic carbocycles. The topological polar surface area (TPSA) is 90.7 Å². The van der Waals surface area contributed by atoms with Gasteiger partial charge < -0.3 is 14.8 Å². The highest BCUT2D eigenvalue weighted by atomic mass is 35.5. The molecule has 20 heavy (non-hydrogen) atoms. The monoisotopic (exact) mass is 300 g/mol. The molecule has 0 bridgehead atoms. The van der Waals surface area contributed by atoms with E-state index in [4.69, 9.17) is 21.1 Å². The van der Waals surface area contributed by atoms with Crippen LogP contribution in [0.3, 0.4) is 0 Å². The lowest BCUT2D eigenvalue weighted by Gasteiger charge is -2.25. The second kappa shape index (κ2) is 5.54. The van der Waals surface area contributed by atoms with Crippen LogP contribution in [0.15, 0.2) is 18.2 Å². The first-order valence-electron chi connectivity index (χ1n) is 5.97. The summed E-state index contributed by atoms with van der Waals surface area (Å²) in [5.74, 6) is -0.252. The molecule has 1 aliphatic rings. The molecule has 0 spiro atoms. The van der Waals surface area contributed by atoms with Crippen LogP contribution in [0.2, 0.25) is 0 Å². The molecule has 2 rings (SSSR count). The number of carbonyl (C=O) groups excluding carboxylic acids is 1. The Morgan fingerprint density at radius 1 is 1.60 bits per heavy atom. The standard InChI is InChI=1S/C12H13ClN2O5/c1-2-19-10(16)6-12(7-13)14-11-8(15(17)18)4-3-5-9(11)20-12/h3-5,14H,2,6-7H2,1H3. The van der Waals surface area contributed by atoms with Gasteiger partial charge in [0.25, 0.3) is 5.69 Å². The zero-order chi connectivity index (χ0) is 14.8. The molecule has 0 amide bonds. The number of rotatable bonds is 5. The fourth-order valence-electron chi connectivity index (χ4n) is 1.98. The molecule has 1 aliphatic heterocycles. The van der Waals surface area contributed by atoms with Crippen molar-refractivity contribution in [2.24, 2.45) is 0 Å². The van der Waals surface area contributed by atoms with E-state index in [1.807, 2.05) is 0 Å². The summed E-state index contributed by atoms with van der Waals surface area (Å²) >= 11 is 5.87. The summed E-state index contributed by atoms with van der Waals surface area (Å²) in [5, 5.41) is 13.8. The second-order valence-corrected chi connectivity index (χ2v) is 4.51. The summed E-state index contributed by atoms with van der Waals surface area (Å²) in [6, 6.07) is 4.44. The Balaban J connectivity index is 2.27. The maximum absolute atomic E-state index is 11.6. The number of benzene rings is 1. The first kappa shape index (κ1) is 14.4. The molecule has 1 unspecified atom stereocenters. The number of ether oxygens (including phenoxy) is 2. The van der Waals surface area contributed by atoms with Crippen molar-refractivity contribution in [3.63, 3.8) is 0 Å². The van der Waals surface area contributed by atoms with Crippen LogP contribution >= 0.6 is 11.6 Å². The van der Waals surface area contributed by atoms with Crippen LogP contribution < -0.4 is 10.1 Å². The number of alkyl halides is 1. The van der Waals surface area contributed by atoms with Gasteiger partial charge in [0.1, 0.15) is 6.42 Å². The number of hydrogen-bond acceptors (Lipinski definition) is 6. The number of esters is 1. The summed E-state index contributed by atoms with van der Waals surface area (Å²) in [5.41, 5.74) is -1.12. The smallest absolute Gasteiger partial charge is 0.311 e. The summed E-state index contributed by atoms with van der Waals surface area (Å²) in [6.07, 6.45) is -0.143. The number of nitrogens with one attached hydrogen (secondary N) is 1. The first-order chi connectivity index (χ1) is 9.51. The Hall–Kier alpha value is -2.02. The fraction of sp³-hybridized carbons (Fsp3) is 0.417. The SMILES string of the molecule is CCOC(=O)CC1(CCl)Nc2c(cccc2[N+](=O)[O-])O1. The van der Waals surface area contributed by atoms with Crippen molar-refractivity contribution in [2.45, 2.75) is 19.1 Å². The van der Waals surface area contributed by atoms with E-state index in [9.17, 15) is 14.9 Å². The van der Waals surface area contributed by atoms with Gasteiger partial charge in [-0.1, -0.05) is 6.07 Å². The van der Waals surface area contributed by atoms with Gasteiger partial charge >= 0.3 is 5.97 Å². The third kappa shape index (κ3) is 2.62. The van der Waals surface area contributed by atoms with E-state index >= 15 is 0 Å². The number of para-hydroxylation sites is 1. The summed E-state index contributed by atoms with van der Waals surface area (Å²) in [6.45, 7) is 1.93. The molecule has 0 fully saturated rings. The molecule has 0 saturated heterocycles. The Kier molecular flexibility index (Phi) is 3.99. The molecule has 0 aromatic heterocycles. The second-order valence-electron chi connectivity index (χ2n) is 4.24. The summed E-state index contributed by atoms with van der Waals surface area (Å²) in [7, 11) is 0. The van der Waals surface area contributed by atoms with Gasteiger partial charge in [-0.05, 0) is 13.0 Å². The van der Waals surface area contributed by atoms with Gasteiger partial charge in [0.2, 0.25) is 5.72 Å². The quantitative estimate of drug-likeness (QED) is 0.388. The molecule has 8 heteroatoms. The Morgan fingerprint density at radius 3 is 2.95 bits per heavy atom. The van der Waals surface area contributed by atoms with Gasteiger partial charge in [0, 0.05) is 6.07 Å². The van der Waals surface area contributed by atoms with Gasteiger partial charge in [-0.3, -0.25) is 14.9 Å². The van der Waals surface area contributed by atoms with Gasteiger partial charge in [0.15, 0.2) is 11.4 Å². The van der Waals surface area contributed by atoms with Gasteiger partial charge in [0.05, 0.1) is 17.4 Å². The Labute approximate surface area is 120 Å². The van der Waals surface area contributed by atoms with Crippen LogP contribution in [0.4, 0.5) is 11.4 Å². The van der Waals surface area contributed by atoms with E-state index < -0.39 is 16.6 Å². The van der Waals surface area contributed by atoms with Crippen LogP contribution in [0.5, 0.6) is 5.75 Å². The van der Waals surface area contributed by atoms with Gasteiger partial charge in [-0.15, -0.1) is 11.6 Å². The van der Waals surface area contributed by atoms with Crippen molar-refractivity contribution in [3.8, 4) is 5.75 Å². The number of halogens is 1. The molecule has 7 nitrogen and oxygen atoms in total. The number of anilines is 1. The van der Waals surface area contributed by atoms with E-state index in [1.54, 1.807) is 13.0 Å². The number of hydrogen-bond donors (Lipinski definition) is 1. The minimum Gasteiger partial charge on any atom is -0.466 e. The van der Waals surface area contributed by atoms with Crippen molar-refractivity contribution < 1.29 is 19.2 Å². The molecule has 1 N–H and O–H groups in total. The molecular formula is C12H13ClN2O5. The summed E-state index contributed by atoms with van der Waals surface area (Å²) < 4.78 is 10.5. The van der Waals surface area contributed by atoms with E-state index in [0.717, 1.165) is 0 Å². The molecule has 0 aliphatic carbocycles. The van der Waals surface area contributed by atoms with Crippen LogP contribution in [-0.4, -0.2) is 29.1 Å². The van der Waals surface area contributed by atoms with Gasteiger partial charge in [-0.25, -0.2) is 0 Å². The maximum Gasteiger partial charge on any atom is 0.311 e. The molecule has 0 saturated carbocycles. The van der Waals surface area contributed by atoms with Crippen molar-refractivity contribution >= 4 is 28.9 Å². The minimum absolute atomic E-state index is 0.0579. The van der Waals surface area contributed by atoms with Crippen molar-refractivity contribution in [1.82, 2.24) is 0 Å². The molecule has 0 radical (unpaired) electrons. The molecule has 1 atom stereocenters. The van der Waals surface area contributed by atoms with Crippen molar-refractivity contribution in [2.75, 3.05) is 17.8 Å². The zero-order valence-electron chi connectivity index (χ0n) is 10.7. The highest BCUT2D eigenvalue weighted by Gasteiger charge is 2.43. The van der Waals surface area contributed by atoms with Crippen molar-refractivity contribution in [3.05, 3.63) is 28.3 Å². The number of carbonyl (C=O) groups is 1. The van der Waals surface area contributed by atoms with Crippen molar-refractivity contribution in [1.29, 1.82) is 0 Å². The Bertz CT molecular complexity index is 551. The minimum atomic E-state index is -1.22. The number of nitro groups is 1. The first-order valence-corrected chi connectivity index (χ1v) is 6.51. The molecular weight excluding hydrogens is 288 g/mol. The molecule has 1 aromatic rings. The van der Waals surface area contributed by atoms with Crippen LogP contribution in [-0.2, 0) is 9.53 Å². The normalized spacial score (nSPS) is 19.7. The van der Waals surface area contributed by atoms with Crippen LogP contribution in [0.25, 0.3) is 0 Å². The third-order valence-electron chi connectivity index (χ3n) is 2.81. The fourth-order valence-corrected chi connectivity index (χ4v) is 2.20. The number of nitrogens with zero attached hydrogens (tertiary/aromatic N) is 1. The van der Waals surface area contributed by atoms with Gasteiger partial charge in [-0.2, -0.15) is 0 Å². The van der Waals surface area contributed by atoms with E-state index in [-0.39, 0.29) is 30.3 Å². The highest BCUT2D eigenvalue weighted by Crippen LogP contribution is 2.44. The number of fused-ring (bicyclic) bond motifs is 1. The average Bonchev–Trinajstić information content (AvgIpc) is 2.76. The van der Waals surface area contributed by atoms with E-state index in [1.165, 1.54) is 12.1 Å². The predicted octanol–water partition coefficient (Wildman–Crippen LogP) is 2.29.